The second-order valence-electron chi connectivity index (χ2n) is 5.03. The first-order valence-electron chi connectivity index (χ1n) is 6.03. The molecule has 1 N–H and O–H groups in total. The van der Waals surface area contributed by atoms with Gasteiger partial charge in [-0.1, -0.05) is 24.3 Å². The third kappa shape index (κ3) is 1.10. The number of benzene rings is 1. The first-order valence-corrected chi connectivity index (χ1v) is 6.03. The average Bonchev–Trinajstić information content (AvgIpc) is 3.02. The normalized spacial score (nSPS) is 31.6. The van der Waals surface area contributed by atoms with Gasteiger partial charge >= 0.3 is 0 Å². The van der Waals surface area contributed by atoms with Gasteiger partial charge in [-0.05, 0) is 36.8 Å². The van der Waals surface area contributed by atoms with Crippen LogP contribution in [-0.2, 0) is 0 Å². The topological polar surface area (TPSA) is 28.7 Å². The van der Waals surface area contributed by atoms with E-state index in [9.17, 15) is 0 Å². The maximum absolute atomic E-state index is 4.72. The van der Waals surface area contributed by atoms with Gasteiger partial charge in [0.1, 0.15) is 5.82 Å². The van der Waals surface area contributed by atoms with Crippen LogP contribution in [0, 0.1) is 11.8 Å². The van der Waals surface area contributed by atoms with Gasteiger partial charge in [0.2, 0.25) is 0 Å². The Bertz CT molecular complexity index is 534. The van der Waals surface area contributed by atoms with Crippen LogP contribution in [0.15, 0.2) is 36.4 Å². The second kappa shape index (κ2) is 2.97. The summed E-state index contributed by atoms with van der Waals surface area (Å²) in [5.41, 5.74) is 2.27. The van der Waals surface area contributed by atoms with Gasteiger partial charge in [-0.25, -0.2) is 4.98 Å². The van der Waals surface area contributed by atoms with Crippen molar-refractivity contribution in [1.29, 1.82) is 0 Å². The van der Waals surface area contributed by atoms with Crippen LogP contribution in [0.2, 0.25) is 0 Å². The summed E-state index contributed by atoms with van der Waals surface area (Å²) in [5, 5.41) is 0. The van der Waals surface area contributed by atoms with Gasteiger partial charge < -0.3 is 4.98 Å². The highest BCUT2D eigenvalue weighted by Gasteiger charge is 2.37. The molecule has 2 aromatic rings. The third-order valence-electron chi connectivity index (χ3n) is 4.04. The number of nitrogens with one attached hydrogen (secondary N) is 1. The molecule has 1 fully saturated rings. The molecule has 3 atom stereocenters. The zero-order chi connectivity index (χ0) is 10.5. The van der Waals surface area contributed by atoms with Crippen LogP contribution >= 0.6 is 0 Å². The number of allylic oxidation sites excluding steroid dienone is 2. The Labute approximate surface area is 94.4 Å². The zero-order valence-corrected chi connectivity index (χ0v) is 9.06. The van der Waals surface area contributed by atoms with Crippen molar-refractivity contribution in [2.45, 2.75) is 18.8 Å². The molecule has 1 aromatic heterocycles. The highest BCUT2D eigenvalue weighted by Crippen LogP contribution is 2.48. The van der Waals surface area contributed by atoms with E-state index in [-0.39, 0.29) is 0 Å². The molecule has 2 heteroatoms. The quantitative estimate of drug-likeness (QED) is 0.719. The van der Waals surface area contributed by atoms with Crippen molar-refractivity contribution in [3.63, 3.8) is 0 Å². The van der Waals surface area contributed by atoms with E-state index in [1.54, 1.807) is 0 Å². The second-order valence-corrected chi connectivity index (χ2v) is 5.03. The smallest absolute Gasteiger partial charge is 0.110 e. The van der Waals surface area contributed by atoms with Crippen molar-refractivity contribution in [3.8, 4) is 0 Å². The van der Waals surface area contributed by atoms with Crippen LogP contribution in [0.3, 0.4) is 0 Å². The van der Waals surface area contributed by atoms with E-state index in [4.69, 9.17) is 4.98 Å². The number of aromatic nitrogens is 2. The minimum atomic E-state index is 0.627. The largest absolute Gasteiger partial charge is 0.342 e. The Morgan fingerprint density at radius 2 is 2.06 bits per heavy atom. The van der Waals surface area contributed by atoms with Gasteiger partial charge in [0.15, 0.2) is 0 Å². The van der Waals surface area contributed by atoms with E-state index in [2.05, 4.69) is 35.3 Å². The Hall–Kier alpha value is -1.57. The van der Waals surface area contributed by atoms with E-state index in [0.29, 0.717) is 5.92 Å². The number of aromatic amines is 1. The first-order chi connectivity index (χ1) is 7.90. The number of rotatable bonds is 1. The monoisotopic (exact) mass is 210 g/mol. The lowest BCUT2D eigenvalue weighted by Gasteiger charge is -2.14. The number of hydrogen-bond donors (Lipinski definition) is 1. The van der Waals surface area contributed by atoms with Crippen molar-refractivity contribution in [2.75, 3.05) is 0 Å². The van der Waals surface area contributed by atoms with Gasteiger partial charge in [0.25, 0.3) is 0 Å². The average molecular weight is 210 g/mol. The third-order valence-corrected chi connectivity index (χ3v) is 4.04. The Morgan fingerprint density at radius 1 is 1.12 bits per heavy atom. The minimum Gasteiger partial charge on any atom is -0.342 e. The highest BCUT2D eigenvalue weighted by atomic mass is 14.9. The van der Waals surface area contributed by atoms with Gasteiger partial charge in [-0.2, -0.15) is 0 Å². The molecular formula is C14H14N2. The molecule has 0 amide bonds. The first kappa shape index (κ1) is 8.57. The van der Waals surface area contributed by atoms with Crippen LogP contribution in [0.5, 0.6) is 0 Å². The molecule has 1 saturated carbocycles. The lowest BCUT2D eigenvalue weighted by atomic mass is 9.93. The molecule has 0 spiro atoms. The fraction of sp³-hybridized carbons (Fsp3) is 0.357. The summed E-state index contributed by atoms with van der Waals surface area (Å²) >= 11 is 0. The number of fused-ring (bicyclic) bond motifs is 3. The molecule has 80 valence electrons. The minimum absolute atomic E-state index is 0.627. The van der Waals surface area contributed by atoms with Gasteiger partial charge in [-0.15, -0.1) is 0 Å². The van der Waals surface area contributed by atoms with E-state index in [1.165, 1.54) is 24.2 Å². The Morgan fingerprint density at radius 3 is 2.81 bits per heavy atom. The molecule has 4 rings (SSSR count). The molecular weight excluding hydrogens is 196 g/mol. The van der Waals surface area contributed by atoms with Crippen molar-refractivity contribution < 1.29 is 0 Å². The summed E-state index contributed by atoms with van der Waals surface area (Å²) in [6, 6.07) is 8.30. The maximum atomic E-state index is 4.72. The fourth-order valence-corrected chi connectivity index (χ4v) is 3.24. The van der Waals surface area contributed by atoms with Crippen LogP contribution in [0.25, 0.3) is 11.0 Å². The van der Waals surface area contributed by atoms with E-state index in [1.807, 2.05) is 6.07 Å². The molecule has 0 unspecified atom stereocenters. The zero-order valence-electron chi connectivity index (χ0n) is 9.06. The Balaban J connectivity index is 1.80. The summed E-state index contributed by atoms with van der Waals surface area (Å²) in [6.45, 7) is 0. The highest BCUT2D eigenvalue weighted by molar-refractivity contribution is 5.74. The summed E-state index contributed by atoms with van der Waals surface area (Å²) in [4.78, 5) is 8.20. The molecule has 2 bridgehead atoms. The fourth-order valence-electron chi connectivity index (χ4n) is 3.24. The molecule has 2 nitrogen and oxygen atoms in total. The molecule has 2 aliphatic carbocycles. The lowest BCUT2D eigenvalue weighted by Crippen LogP contribution is -2.06. The molecule has 0 aliphatic heterocycles. The van der Waals surface area contributed by atoms with Crippen molar-refractivity contribution >= 4 is 11.0 Å². The van der Waals surface area contributed by atoms with Crippen LogP contribution in [-0.4, -0.2) is 9.97 Å². The standard InChI is InChI=1S/C14H14N2/c1-2-4-13-12(3-1)15-14(16-13)11-8-9-5-6-10(11)7-9/h1-6,9-11H,7-8H2,(H,15,16)/t9-,10+,11-/m1/s1. The van der Waals surface area contributed by atoms with E-state index in [0.717, 1.165) is 17.4 Å². The summed E-state index contributed by atoms with van der Waals surface area (Å²) in [6.07, 6.45) is 7.37. The number of hydrogen-bond acceptors (Lipinski definition) is 1. The SMILES string of the molecule is C1=C[C@H]2C[C@@H]1C[C@H]2c1nc2ccccc2[nH]1. The maximum Gasteiger partial charge on any atom is 0.110 e. The van der Waals surface area contributed by atoms with Crippen molar-refractivity contribution in [2.24, 2.45) is 11.8 Å². The lowest BCUT2D eigenvalue weighted by molar-refractivity contribution is 0.559. The van der Waals surface area contributed by atoms with E-state index < -0.39 is 0 Å². The molecule has 0 radical (unpaired) electrons. The summed E-state index contributed by atoms with van der Waals surface area (Å²) in [5.74, 6) is 3.36. The van der Waals surface area contributed by atoms with Crippen LogP contribution in [0.4, 0.5) is 0 Å². The van der Waals surface area contributed by atoms with Crippen molar-refractivity contribution in [1.82, 2.24) is 9.97 Å². The molecule has 16 heavy (non-hydrogen) atoms. The molecule has 1 aromatic carbocycles. The van der Waals surface area contributed by atoms with Gasteiger partial charge in [0.05, 0.1) is 11.0 Å². The predicted molar refractivity (Wildman–Crippen MR) is 64.2 cm³/mol. The number of imidazole rings is 1. The van der Waals surface area contributed by atoms with Crippen LogP contribution in [0.1, 0.15) is 24.6 Å². The number of para-hydroxylation sites is 2. The summed E-state index contributed by atoms with van der Waals surface area (Å²) in [7, 11) is 0. The van der Waals surface area contributed by atoms with Crippen LogP contribution < -0.4 is 0 Å². The number of H-pyrrole nitrogens is 1. The molecule has 1 heterocycles. The number of nitrogens with zero attached hydrogens (tertiary/aromatic N) is 1. The summed E-state index contributed by atoms with van der Waals surface area (Å²) < 4.78 is 0. The molecule has 0 saturated heterocycles. The predicted octanol–water partition coefficient (Wildman–Crippen LogP) is 3.24. The molecule has 2 aliphatic rings. The van der Waals surface area contributed by atoms with E-state index >= 15 is 0 Å². The Kier molecular flexibility index (Phi) is 1.59. The van der Waals surface area contributed by atoms with Gasteiger partial charge in [-0.3, -0.25) is 0 Å². The van der Waals surface area contributed by atoms with Gasteiger partial charge in [0, 0.05) is 5.92 Å². The van der Waals surface area contributed by atoms with Crippen molar-refractivity contribution in [3.05, 3.63) is 42.2 Å².